The van der Waals surface area contributed by atoms with E-state index < -0.39 is 0 Å². The smallest absolute Gasteiger partial charge is 0.124 e. The molecule has 15 heavy (non-hydrogen) atoms. The number of hydrogen-bond acceptors (Lipinski definition) is 2. The number of aromatic nitrogens is 2. The van der Waals surface area contributed by atoms with E-state index in [4.69, 9.17) is 17.3 Å². The molecule has 0 aliphatic carbocycles. The Bertz CT molecular complexity index is 507. The number of nitrogen functional groups attached to an aromatic ring is 1. The monoisotopic (exact) mass is 225 g/mol. The van der Waals surface area contributed by atoms with E-state index in [0.29, 0.717) is 22.0 Å². The van der Waals surface area contributed by atoms with Crippen molar-refractivity contribution in [2.75, 3.05) is 5.73 Å². The van der Waals surface area contributed by atoms with Crippen molar-refractivity contribution in [3.8, 4) is 11.3 Å². The molecule has 0 amide bonds. The van der Waals surface area contributed by atoms with Crippen molar-refractivity contribution in [2.45, 2.75) is 0 Å². The lowest BCUT2D eigenvalue weighted by Gasteiger charge is -2.01. The minimum atomic E-state index is -0.377. The van der Waals surface area contributed by atoms with Crippen LogP contribution in [0.1, 0.15) is 0 Å². The summed E-state index contributed by atoms with van der Waals surface area (Å²) in [5.74, 6) is -0.377. The van der Waals surface area contributed by atoms with Crippen molar-refractivity contribution in [2.24, 2.45) is 7.05 Å². The first-order chi connectivity index (χ1) is 7.08. The molecule has 1 heterocycles. The van der Waals surface area contributed by atoms with Crippen LogP contribution in [0.15, 0.2) is 24.4 Å². The Balaban J connectivity index is 2.59. The van der Waals surface area contributed by atoms with Gasteiger partial charge in [-0.25, -0.2) is 4.39 Å². The Morgan fingerprint density at radius 2 is 2.20 bits per heavy atom. The number of nitrogens with two attached hydrogens (primary N) is 1. The number of nitrogens with zero attached hydrogens (tertiary/aromatic N) is 2. The summed E-state index contributed by atoms with van der Waals surface area (Å²) in [5, 5.41) is 4.46. The van der Waals surface area contributed by atoms with E-state index in [1.165, 1.54) is 12.1 Å². The van der Waals surface area contributed by atoms with Crippen LogP contribution in [0.25, 0.3) is 11.3 Å². The lowest BCUT2D eigenvalue weighted by Crippen LogP contribution is -1.89. The zero-order valence-corrected chi connectivity index (χ0v) is 8.79. The van der Waals surface area contributed by atoms with Crippen molar-refractivity contribution in [1.82, 2.24) is 9.78 Å². The van der Waals surface area contributed by atoms with Gasteiger partial charge in [-0.1, -0.05) is 11.6 Å². The second kappa shape index (κ2) is 3.55. The lowest BCUT2D eigenvalue weighted by molar-refractivity contribution is 0.628. The summed E-state index contributed by atoms with van der Waals surface area (Å²) in [7, 11) is 1.76. The fourth-order valence-corrected chi connectivity index (χ4v) is 1.65. The van der Waals surface area contributed by atoms with Crippen molar-refractivity contribution in [3.63, 3.8) is 0 Å². The number of aryl methyl sites for hydroxylation is 1. The van der Waals surface area contributed by atoms with Crippen LogP contribution in [0.3, 0.4) is 0 Å². The maximum atomic E-state index is 12.8. The summed E-state index contributed by atoms with van der Waals surface area (Å²) >= 11 is 5.90. The fourth-order valence-electron chi connectivity index (χ4n) is 1.40. The van der Waals surface area contributed by atoms with Gasteiger partial charge in [-0.15, -0.1) is 0 Å². The minimum absolute atomic E-state index is 0.306. The van der Waals surface area contributed by atoms with Gasteiger partial charge in [0.1, 0.15) is 11.5 Å². The molecule has 1 aromatic carbocycles. The van der Waals surface area contributed by atoms with E-state index in [1.807, 2.05) is 0 Å². The molecular weight excluding hydrogens is 217 g/mol. The van der Waals surface area contributed by atoms with E-state index in [0.717, 1.165) is 0 Å². The van der Waals surface area contributed by atoms with Crippen molar-refractivity contribution in [1.29, 1.82) is 0 Å². The predicted molar refractivity (Wildman–Crippen MR) is 58.0 cm³/mol. The standard InChI is InChI=1S/C10H9ClFN3/c1-15-5-9(13)10(14-15)7-3-2-6(12)4-8(7)11/h2-5H,13H2,1H3. The first kappa shape index (κ1) is 9.98. The highest BCUT2D eigenvalue weighted by Gasteiger charge is 2.11. The second-order valence-corrected chi connectivity index (χ2v) is 3.64. The number of anilines is 1. The van der Waals surface area contributed by atoms with E-state index >= 15 is 0 Å². The Morgan fingerprint density at radius 1 is 1.47 bits per heavy atom. The zero-order chi connectivity index (χ0) is 11.0. The van der Waals surface area contributed by atoms with Gasteiger partial charge in [0.2, 0.25) is 0 Å². The molecule has 0 aliphatic rings. The van der Waals surface area contributed by atoms with Gasteiger partial charge >= 0.3 is 0 Å². The van der Waals surface area contributed by atoms with Crippen LogP contribution in [0.2, 0.25) is 5.02 Å². The first-order valence-corrected chi connectivity index (χ1v) is 4.70. The predicted octanol–water partition coefficient (Wildman–Crippen LogP) is 2.46. The van der Waals surface area contributed by atoms with Crippen LogP contribution in [0.4, 0.5) is 10.1 Å². The molecule has 0 unspecified atom stereocenters. The van der Waals surface area contributed by atoms with Crippen LogP contribution in [-0.2, 0) is 7.05 Å². The average Bonchev–Trinajstić information content (AvgIpc) is 2.45. The highest BCUT2D eigenvalue weighted by Crippen LogP contribution is 2.30. The molecule has 2 aromatic rings. The lowest BCUT2D eigenvalue weighted by atomic mass is 10.1. The topological polar surface area (TPSA) is 43.8 Å². The number of hydrogen-bond donors (Lipinski definition) is 1. The third kappa shape index (κ3) is 1.80. The molecule has 0 radical (unpaired) electrons. The Labute approximate surface area is 91.3 Å². The summed E-state index contributed by atoms with van der Waals surface area (Å²) in [6.45, 7) is 0. The highest BCUT2D eigenvalue weighted by molar-refractivity contribution is 6.33. The molecule has 0 saturated carbocycles. The SMILES string of the molecule is Cn1cc(N)c(-c2ccc(F)cc2Cl)n1. The minimum Gasteiger partial charge on any atom is -0.396 e. The molecule has 2 N–H and O–H groups in total. The third-order valence-corrected chi connectivity index (χ3v) is 2.36. The molecule has 78 valence electrons. The normalized spacial score (nSPS) is 10.6. The van der Waals surface area contributed by atoms with Gasteiger partial charge in [0.05, 0.1) is 10.7 Å². The van der Waals surface area contributed by atoms with E-state index in [9.17, 15) is 4.39 Å². The quantitative estimate of drug-likeness (QED) is 0.810. The van der Waals surface area contributed by atoms with Gasteiger partial charge < -0.3 is 5.73 Å². The largest absolute Gasteiger partial charge is 0.396 e. The Hall–Kier alpha value is -1.55. The Kier molecular flexibility index (Phi) is 2.36. The summed E-state index contributed by atoms with van der Waals surface area (Å²) in [5.41, 5.74) is 7.47. The van der Waals surface area contributed by atoms with E-state index in [-0.39, 0.29) is 5.82 Å². The van der Waals surface area contributed by atoms with Gasteiger partial charge in [-0.2, -0.15) is 5.10 Å². The molecule has 3 nitrogen and oxygen atoms in total. The van der Waals surface area contributed by atoms with Crippen molar-refractivity contribution < 1.29 is 4.39 Å². The van der Waals surface area contributed by atoms with Crippen molar-refractivity contribution >= 4 is 17.3 Å². The van der Waals surface area contributed by atoms with Gasteiger partial charge in [-0.3, -0.25) is 4.68 Å². The molecular formula is C10H9ClFN3. The molecule has 0 fully saturated rings. The van der Waals surface area contributed by atoms with Crippen LogP contribution < -0.4 is 5.73 Å². The van der Waals surface area contributed by atoms with Gasteiger partial charge in [0.25, 0.3) is 0 Å². The second-order valence-electron chi connectivity index (χ2n) is 3.23. The summed E-state index contributed by atoms with van der Waals surface area (Å²) in [6, 6.07) is 4.14. The van der Waals surface area contributed by atoms with E-state index in [2.05, 4.69) is 5.10 Å². The number of halogens is 2. The average molecular weight is 226 g/mol. The fraction of sp³-hybridized carbons (Fsp3) is 0.100. The van der Waals surface area contributed by atoms with Crippen LogP contribution in [0.5, 0.6) is 0 Å². The van der Waals surface area contributed by atoms with Gasteiger partial charge in [0.15, 0.2) is 0 Å². The Morgan fingerprint density at radius 3 is 2.73 bits per heavy atom. The molecule has 0 spiro atoms. The molecule has 0 saturated heterocycles. The first-order valence-electron chi connectivity index (χ1n) is 4.32. The van der Waals surface area contributed by atoms with Crippen molar-refractivity contribution in [3.05, 3.63) is 35.2 Å². The molecule has 0 atom stereocenters. The maximum absolute atomic E-state index is 12.8. The van der Waals surface area contributed by atoms with Crippen LogP contribution in [0, 0.1) is 5.82 Å². The number of rotatable bonds is 1. The highest BCUT2D eigenvalue weighted by atomic mass is 35.5. The van der Waals surface area contributed by atoms with Gasteiger partial charge in [0, 0.05) is 18.8 Å². The number of benzene rings is 1. The molecule has 5 heteroatoms. The van der Waals surface area contributed by atoms with E-state index in [1.54, 1.807) is 24.0 Å². The summed E-state index contributed by atoms with van der Waals surface area (Å²) < 4.78 is 14.4. The zero-order valence-electron chi connectivity index (χ0n) is 8.04. The van der Waals surface area contributed by atoms with Crippen LogP contribution >= 0.6 is 11.6 Å². The summed E-state index contributed by atoms with van der Waals surface area (Å²) in [4.78, 5) is 0. The molecule has 0 bridgehead atoms. The molecule has 2 rings (SSSR count). The van der Waals surface area contributed by atoms with Crippen LogP contribution in [-0.4, -0.2) is 9.78 Å². The molecule has 1 aromatic heterocycles. The maximum Gasteiger partial charge on any atom is 0.124 e. The summed E-state index contributed by atoms with van der Waals surface area (Å²) in [6.07, 6.45) is 1.68. The molecule has 0 aliphatic heterocycles. The third-order valence-electron chi connectivity index (χ3n) is 2.04. The van der Waals surface area contributed by atoms with Gasteiger partial charge in [-0.05, 0) is 18.2 Å².